The summed E-state index contributed by atoms with van der Waals surface area (Å²) in [6.07, 6.45) is 5.75. The molecule has 0 saturated carbocycles. The number of halogens is 3. The minimum atomic E-state index is -3.97. The Balaban J connectivity index is 1.44. The predicted octanol–water partition coefficient (Wildman–Crippen LogP) is 5.68. The molecule has 2 aliphatic rings. The van der Waals surface area contributed by atoms with Gasteiger partial charge in [0.25, 0.3) is 0 Å². The monoisotopic (exact) mass is 588 g/mol. The molecule has 4 aromatic rings. The van der Waals surface area contributed by atoms with Crippen LogP contribution < -0.4 is 0 Å². The van der Waals surface area contributed by atoms with E-state index in [1.807, 2.05) is 6.08 Å². The number of nitrogens with zero attached hydrogens (tertiary/aromatic N) is 4. The van der Waals surface area contributed by atoms with Crippen molar-refractivity contribution in [2.45, 2.75) is 17.7 Å². The molecule has 0 radical (unpaired) electrons. The first kappa shape index (κ1) is 25.4. The number of fused-ring (bicyclic) bond motifs is 2. The lowest BCUT2D eigenvalue weighted by Gasteiger charge is -2.44. The summed E-state index contributed by atoms with van der Waals surface area (Å²) in [7, 11) is -3.97. The molecule has 38 heavy (non-hydrogen) atoms. The molecule has 6 rings (SSSR count). The van der Waals surface area contributed by atoms with Crippen molar-refractivity contribution in [1.29, 1.82) is 0 Å². The van der Waals surface area contributed by atoms with E-state index in [0.29, 0.717) is 17.1 Å². The zero-order valence-corrected chi connectivity index (χ0v) is 22.8. The van der Waals surface area contributed by atoms with Gasteiger partial charge in [0.2, 0.25) is 15.8 Å². The topological polar surface area (TPSA) is 85.2 Å². The molecule has 1 fully saturated rings. The first-order chi connectivity index (χ1) is 18.2. The molecule has 1 aliphatic carbocycles. The van der Waals surface area contributed by atoms with Crippen LogP contribution in [-0.4, -0.2) is 46.4 Å². The Kier molecular flexibility index (Phi) is 6.27. The second-order valence-electron chi connectivity index (χ2n) is 9.20. The van der Waals surface area contributed by atoms with Gasteiger partial charge in [-0.1, -0.05) is 28.8 Å². The zero-order chi connectivity index (χ0) is 26.7. The average molecular weight is 590 g/mol. The SMILES string of the molecule is O=C(c1nccs1)C12Cc3cnn(-c4ccc(F)cc4)c3C=C1CCN(S(=O)(=O)c1ccc(Cl)c(Cl)c1)C2. The number of carbonyl (C=O) groups is 1. The van der Waals surface area contributed by atoms with Crippen molar-refractivity contribution >= 4 is 56.4 Å². The highest BCUT2D eigenvalue weighted by molar-refractivity contribution is 7.89. The molecular formula is C26H19Cl2FN4O3S2. The fraction of sp³-hybridized carbons (Fsp3) is 0.192. The average Bonchev–Trinajstić information content (AvgIpc) is 3.59. The Morgan fingerprint density at radius 3 is 2.61 bits per heavy atom. The molecular weight excluding hydrogens is 570 g/mol. The molecule has 12 heteroatoms. The second kappa shape index (κ2) is 9.39. The molecule has 1 saturated heterocycles. The molecule has 0 amide bonds. The summed E-state index contributed by atoms with van der Waals surface area (Å²) >= 11 is 13.3. The number of hydrogen-bond acceptors (Lipinski definition) is 6. The van der Waals surface area contributed by atoms with Gasteiger partial charge in [0.15, 0.2) is 5.01 Å². The summed E-state index contributed by atoms with van der Waals surface area (Å²) in [5, 5.41) is 6.94. The smallest absolute Gasteiger partial charge is 0.243 e. The van der Waals surface area contributed by atoms with Gasteiger partial charge in [-0.15, -0.1) is 11.3 Å². The number of piperidine rings is 1. The summed E-state index contributed by atoms with van der Waals surface area (Å²) in [6, 6.07) is 10.2. The first-order valence-electron chi connectivity index (χ1n) is 11.6. The number of hydrogen-bond donors (Lipinski definition) is 0. The van der Waals surface area contributed by atoms with Crippen molar-refractivity contribution < 1.29 is 17.6 Å². The van der Waals surface area contributed by atoms with Gasteiger partial charge < -0.3 is 0 Å². The van der Waals surface area contributed by atoms with E-state index in [1.165, 1.54) is 46.0 Å². The van der Waals surface area contributed by atoms with Crippen molar-refractivity contribution in [3.63, 3.8) is 0 Å². The summed E-state index contributed by atoms with van der Waals surface area (Å²) in [6.45, 7) is 0.127. The van der Waals surface area contributed by atoms with Gasteiger partial charge in [0, 0.05) is 24.7 Å². The van der Waals surface area contributed by atoms with E-state index in [4.69, 9.17) is 23.2 Å². The van der Waals surface area contributed by atoms with E-state index in [2.05, 4.69) is 10.1 Å². The fourth-order valence-electron chi connectivity index (χ4n) is 5.14. The van der Waals surface area contributed by atoms with Gasteiger partial charge in [0.1, 0.15) is 5.82 Å². The highest BCUT2D eigenvalue weighted by Gasteiger charge is 2.51. The van der Waals surface area contributed by atoms with Crippen LogP contribution in [-0.2, 0) is 16.4 Å². The van der Waals surface area contributed by atoms with E-state index in [9.17, 15) is 17.6 Å². The highest BCUT2D eigenvalue weighted by atomic mass is 35.5. The second-order valence-corrected chi connectivity index (χ2v) is 12.8. The van der Waals surface area contributed by atoms with Crippen molar-refractivity contribution in [3.05, 3.63) is 97.9 Å². The predicted molar refractivity (Wildman–Crippen MR) is 144 cm³/mol. The zero-order valence-electron chi connectivity index (χ0n) is 19.6. The Morgan fingerprint density at radius 2 is 1.89 bits per heavy atom. The van der Waals surface area contributed by atoms with Gasteiger partial charge in [-0.05, 0) is 66.9 Å². The maximum absolute atomic E-state index is 14.0. The molecule has 194 valence electrons. The van der Waals surface area contributed by atoms with Crippen molar-refractivity contribution in [3.8, 4) is 5.69 Å². The van der Waals surface area contributed by atoms with Crippen LogP contribution in [0.15, 0.2) is 70.7 Å². The van der Waals surface area contributed by atoms with Crippen LogP contribution in [0.2, 0.25) is 10.0 Å². The quantitative estimate of drug-likeness (QED) is 0.280. The Hall–Kier alpha value is -2.89. The maximum atomic E-state index is 14.0. The number of rotatable bonds is 5. The van der Waals surface area contributed by atoms with Crippen LogP contribution in [0.4, 0.5) is 4.39 Å². The minimum Gasteiger partial charge on any atom is -0.290 e. The minimum absolute atomic E-state index is 0.0109. The van der Waals surface area contributed by atoms with Gasteiger partial charge in [-0.25, -0.2) is 22.5 Å². The van der Waals surface area contributed by atoms with E-state index in [0.717, 1.165) is 16.8 Å². The number of carbonyl (C=O) groups excluding carboxylic acids is 1. The summed E-state index contributed by atoms with van der Waals surface area (Å²) < 4.78 is 43.9. The normalized spacial score (nSPS) is 19.5. The standard InChI is InChI=1S/C26H19Cl2FN4O3S2/c27-21-6-5-20(12-22(21)28)38(35,36)32-9-7-17-11-23-16(14-31-33(23)19-3-1-18(29)2-4-19)13-26(17,15-32)24(34)25-30-8-10-37-25/h1-6,8,10-12,14H,7,9,13,15H2. The van der Waals surface area contributed by atoms with Crippen LogP contribution >= 0.6 is 34.5 Å². The lowest BCUT2D eigenvalue weighted by atomic mass is 9.66. The molecule has 1 aliphatic heterocycles. The van der Waals surface area contributed by atoms with Gasteiger partial charge >= 0.3 is 0 Å². The molecule has 0 N–H and O–H groups in total. The fourth-order valence-corrected chi connectivity index (χ4v) is 7.70. The third-order valence-corrected chi connectivity index (χ3v) is 10.4. The third-order valence-electron chi connectivity index (χ3n) is 7.04. The lowest BCUT2D eigenvalue weighted by molar-refractivity contribution is 0.0775. The molecule has 2 aromatic carbocycles. The summed E-state index contributed by atoms with van der Waals surface area (Å²) in [5.41, 5.74) is 1.92. The lowest BCUT2D eigenvalue weighted by Crippen LogP contribution is -2.53. The Bertz CT molecular complexity index is 1700. The summed E-state index contributed by atoms with van der Waals surface area (Å²) in [4.78, 5) is 18.3. The molecule has 1 unspecified atom stereocenters. The van der Waals surface area contributed by atoms with Gasteiger partial charge in [-0.3, -0.25) is 4.79 Å². The van der Waals surface area contributed by atoms with Crippen LogP contribution in [0, 0.1) is 11.2 Å². The van der Waals surface area contributed by atoms with Gasteiger partial charge in [0.05, 0.1) is 37.9 Å². The molecule has 0 spiro atoms. The van der Waals surface area contributed by atoms with E-state index in [-0.39, 0.29) is 46.1 Å². The number of aromatic nitrogens is 3. The van der Waals surface area contributed by atoms with Crippen molar-refractivity contribution in [1.82, 2.24) is 19.1 Å². The summed E-state index contributed by atoms with van der Waals surface area (Å²) in [5.74, 6) is -0.579. The molecule has 3 heterocycles. The molecule has 0 bridgehead atoms. The number of thiazole rings is 1. The highest BCUT2D eigenvalue weighted by Crippen LogP contribution is 2.47. The number of Topliss-reactive ketones (excluding diaryl/α,β-unsaturated/α-hetero) is 1. The van der Waals surface area contributed by atoms with Crippen LogP contribution in [0.25, 0.3) is 11.8 Å². The van der Waals surface area contributed by atoms with Crippen molar-refractivity contribution in [2.24, 2.45) is 5.41 Å². The first-order valence-corrected chi connectivity index (χ1v) is 14.7. The Morgan fingerprint density at radius 1 is 1.11 bits per heavy atom. The van der Waals surface area contributed by atoms with Crippen LogP contribution in [0.5, 0.6) is 0 Å². The number of ketones is 1. The molecule has 2 aromatic heterocycles. The van der Waals surface area contributed by atoms with E-state index < -0.39 is 15.4 Å². The van der Waals surface area contributed by atoms with Crippen LogP contribution in [0.1, 0.15) is 27.5 Å². The maximum Gasteiger partial charge on any atom is 0.243 e. The van der Waals surface area contributed by atoms with E-state index in [1.54, 1.807) is 34.6 Å². The van der Waals surface area contributed by atoms with Gasteiger partial charge in [-0.2, -0.15) is 9.40 Å². The largest absolute Gasteiger partial charge is 0.290 e. The van der Waals surface area contributed by atoms with Crippen molar-refractivity contribution in [2.75, 3.05) is 13.1 Å². The third kappa shape index (κ3) is 4.11. The molecule has 7 nitrogen and oxygen atoms in total. The van der Waals surface area contributed by atoms with E-state index >= 15 is 0 Å². The van der Waals surface area contributed by atoms with Crippen LogP contribution in [0.3, 0.4) is 0 Å². The molecule has 1 atom stereocenters. The number of sulfonamides is 1. The number of benzene rings is 2. The Labute approximate surface area is 232 Å².